The minimum absolute atomic E-state index is 0.646. The summed E-state index contributed by atoms with van der Waals surface area (Å²) in [6.45, 7) is 0. The lowest BCUT2D eigenvalue weighted by molar-refractivity contribution is 0.436. The van der Waals surface area contributed by atoms with E-state index in [0.29, 0.717) is 5.82 Å². The summed E-state index contributed by atoms with van der Waals surface area (Å²) in [5.74, 6) is 2.35. The Morgan fingerprint density at radius 3 is 1.54 bits per heavy atom. The molecule has 0 saturated heterocycles. The average molecular weight is 716 g/mol. The summed E-state index contributed by atoms with van der Waals surface area (Å²) in [6, 6.07) is 66.3. The zero-order valence-corrected chi connectivity index (χ0v) is 30.3. The zero-order chi connectivity index (χ0) is 37.1. The van der Waals surface area contributed by atoms with Crippen molar-refractivity contribution in [2.24, 2.45) is 0 Å². The van der Waals surface area contributed by atoms with E-state index in [1.54, 1.807) is 0 Å². The van der Waals surface area contributed by atoms with Crippen LogP contribution in [0.25, 0.3) is 67.3 Å². The third-order valence-corrected chi connectivity index (χ3v) is 11.3. The second kappa shape index (κ2) is 12.9. The summed E-state index contributed by atoms with van der Waals surface area (Å²) in [5.41, 5.74) is 15.6. The second-order valence-electron chi connectivity index (χ2n) is 14.4. The minimum atomic E-state index is -0.646. The van der Waals surface area contributed by atoms with Crippen LogP contribution in [0, 0.1) is 0 Å². The molecule has 0 fully saturated rings. The number of ether oxygens (including phenoxy) is 1. The molecule has 2 aliphatic rings. The first-order valence-corrected chi connectivity index (χ1v) is 18.9. The predicted octanol–water partition coefficient (Wildman–Crippen LogP) is 12.7. The van der Waals surface area contributed by atoms with Crippen molar-refractivity contribution < 1.29 is 4.74 Å². The molecule has 4 nitrogen and oxygen atoms in total. The van der Waals surface area contributed by atoms with Crippen LogP contribution < -0.4 is 4.74 Å². The van der Waals surface area contributed by atoms with Crippen LogP contribution in [0.3, 0.4) is 0 Å². The van der Waals surface area contributed by atoms with E-state index < -0.39 is 5.41 Å². The lowest BCUT2D eigenvalue weighted by Gasteiger charge is -2.40. The number of pyridine rings is 1. The van der Waals surface area contributed by atoms with Gasteiger partial charge in [0.15, 0.2) is 5.82 Å². The molecule has 0 bridgehead atoms. The van der Waals surface area contributed by atoms with Gasteiger partial charge in [0, 0.05) is 45.8 Å². The van der Waals surface area contributed by atoms with Crippen molar-refractivity contribution in [2.45, 2.75) is 5.41 Å². The average Bonchev–Trinajstić information content (AvgIpc) is 3.57. The van der Waals surface area contributed by atoms with Gasteiger partial charge in [-0.15, -0.1) is 0 Å². The molecule has 0 unspecified atom stereocenters. The Labute approximate surface area is 325 Å². The van der Waals surface area contributed by atoms with Crippen LogP contribution in [0.4, 0.5) is 0 Å². The summed E-state index contributed by atoms with van der Waals surface area (Å²) < 4.78 is 6.87. The molecule has 0 atom stereocenters. The molecular formula is C52H33N3O. The molecular weight excluding hydrogens is 683 g/mol. The fourth-order valence-corrected chi connectivity index (χ4v) is 8.72. The van der Waals surface area contributed by atoms with Gasteiger partial charge in [0.2, 0.25) is 0 Å². The van der Waals surface area contributed by atoms with Gasteiger partial charge in [-0.25, -0.2) is 9.97 Å². The van der Waals surface area contributed by atoms with Gasteiger partial charge in [-0.1, -0.05) is 140 Å². The molecule has 9 aromatic rings. The molecule has 0 saturated carbocycles. The van der Waals surface area contributed by atoms with Crippen LogP contribution >= 0.6 is 0 Å². The number of fused-ring (bicyclic) bond motifs is 9. The number of benzene rings is 7. The summed E-state index contributed by atoms with van der Waals surface area (Å²) in [6.07, 6.45) is 3.74. The number of nitrogens with zero attached hydrogens (tertiary/aromatic N) is 3. The van der Waals surface area contributed by atoms with Gasteiger partial charge < -0.3 is 4.74 Å². The van der Waals surface area contributed by atoms with E-state index in [1.807, 2.05) is 42.7 Å². The van der Waals surface area contributed by atoms with Crippen LogP contribution in [-0.2, 0) is 5.41 Å². The molecule has 1 aliphatic heterocycles. The fraction of sp³-hybridized carbons (Fsp3) is 0.0192. The Hall–Kier alpha value is -7.43. The van der Waals surface area contributed by atoms with Gasteiger partial charge in [-0.3, -0.25) is 4.98 Å². The van der Waals surface area contributed by atoms with Crippen molar-refractivity contribution in [1.29, 1.82) is 0 Å². The predicted molar refractivity (Wildman–Crippen MR) is 224 cm³/mol. The highest BCUT2D eigenvalue weighted by Gasteiger charge is 2.51. The first-order chi connectivity index (χ1) is 27.7. The topological polar surface area (TPSA) is 47.9 Å². The SMILES string of the molecule is c1ccc(-c2cccc(-c3cc(-c4ccc5c(c4)C4(c6cc(-c7cccnc7)ccc6O5)c5ccccc5-c5ccccc54)nc(-c4ccccc4)n3)c2)cc1. The smallest absolute Gasteiger partial charge is 0.160 e. The van der Waals surface area contributed by atoms with Crippen molar-refractivity contribution >= 4 is 0 Å². The fourth-order valence-electron chi connectivity index (χ4n) is 8.72. The highest BCUT2D eigenvalue weighted by Crippen LogP contribution is 2.62. The number of rotatable bonds is 5. The zero-order valence-electron chi connectivity index (χ0n) is 30.3. The van der Waals surface area contributed by atoms with Crippen LogP contribution in [0.5, 0.6) is 11.5 Å². The first kappa shape index (κ1) is 32.0. The number of hydrogen-bond donors (Lipinski definition) is 0. The molecule has 3 heterocycles. The van der Waals surface area contributed by atoms with E-state index in [1.165, 1.54) is 22.3 Å². The molecule has 0 amide bonds. The summed E-state index contributed by atoms with van der Waals surface area (Å²) >= 11 is 0. The molecule has 4 heteroatoms. The Balaban J connectivity index is 1.15. The third-order valence-electron chi connectivity index (χ3n) is 11.3. The van der Waals surface area contributed by atoms with Gasteiger partial charge in [0.1, 0.15) is 11.5 Å². The molecule has 11 rings (SSSR count). The van der Waals surface area contributed by atoms with Crippen molar-refractivity contribution in [1.82, 2.24) is 15.0 Å². The Morgan fingerprint density at radius 1 is 0.357 bits per heavy atom. The van der Waals surface area contributed by atoms with Crippen molar-refractivity contribution in [3.63, 3.8) is 0 Å². The quantitative estimate of drug-likeness (QED) is 0.178. The largest absolute Gasteiger partial charge is 0.457 e. The molecule has 56 heavy (non-hydrogen) atoms. The maximum Gasteiger partial charge on any atom is 0.160 e. The summed E-state index contributed by atoms with van der Waals surface area (Å²) in [7, 11) is 0. The molecule has 0 radical (unpaired) electrons. The van der Waals surface area contributed by atoms with Crippen LogP contribution in [0.1, 0.15) is 22.3 Å². The van der Waals surface area contributed by atoms with E-state index in [-0.39, 0.29) is 0 Å². The van der Waals surface area contributed by atoms with Crippen LogP contribution in [0.15, 0.2) is 200 Å². The van der Waals surface area contributed by atoms with Crippen LogP contribution in [-0.4, -0.2) is 15.0 Å². The second-order valence-corrected chi connectivity index (χ2v) is 14.4. The Morgan fingerprint density at radius 2 is 0.875 bits per heavy atom. The lowest BCUT2D eigenvalue weighted by Crippen LogP contribution is -2.32. The summed E-state index contributed by atoms with van der Waals surface area (Å²) in [4.78, 5) is 14.9. The number of hydrogen-bond acceptors (Lipinski definition) is 4. The highest BCUT2D eigenvalue weighted by molar-refractivity contribution is 5.90. The van der Waals surface area contributed by atoms with Crippen LogP contribution in [0.2, 0.25) is 0 Å². The third kappa shape index (κ3) is 5.04. The van der Waals surface area contributed by atoms with Gasteiger partial charge in [-0.05, 0) is 87.5 Å². The molecule has 262 valence electrons. The monoisotopic (exact) mass is 715 g/mol. The Bertz CT molecular complexity index is 2900. The lowest BCUT2D eigenvalue weighted by atomic mass is 9.65. The highest BCUT2D eigenvalue weighted by atomic mass is 16.5. The van der Waals surface area contributed by atoms with Gasteiger partial charge in [-0.2, -0.15) is 0 Å². The van der Waals surface area contributed by atoms with E-state index in [0.717, 1.165) is 73.0 Å². The van der Waals surface area contributed by atoms with E-state index in [2.05, 4.69) is 163 Å². The van der Waals surface area contributed by atoms with Crippen molar-refractivity contribution in [2.75, 3.05) is 0 Å². The molecule has 2 aromatic heterocycles. The Kier molecular flexibility index (Phi) is 7.36. The van der Waals surface area contributed by atoms with E-state index in [9.17, 15) is 0 Å². The van der Waals surface area contributed by atoms with Gasteiger partial charge >= 0.3 is 0 Å². The first-order valence-electron chi connectivity index (χ1n) is 18.9. The maximum absolute atomic E-state index is 6.87. The van der Waals surface area contributed by atoms with E-state index >= 15 is 0 Å². The van der Waals surface area contributed by atoms with Gasteiger partial charge in [0.25, 0.3) is 0 Å². The standard InChI is InChI=1S/C52H33N3O/c1-3-13-34(14-4-1)36-17-11-18-38(29-36)47-32-48(55-51(54-47)35-15-5-2-6-16-35)39-25-27-50-46(31-39)52(43-22-9-7-20-41(43)42-21-8-10-23-44(42)52)45-30-37(24-26-49(45)56-50)40-19-12-28-53-33-40/h1-33H. The molecule has 0 N–H and O–H groups in total. The summed E-state index contributed by atoms with van der Waals surface area (Å²) in [5, 5.41) is 0. The van der Waals surface area contributed by atoms with Crippen molar-refractivity contribution in [3.8, 4) is 78.8 Å². The molecule has 7 aromatic carbocycles. The van der Waals surface area contributed by atoms with Gasteiger partial charge in [0.05, 0.1) is 16.8 Å². The minimum Gasteiger partial charge on any atom is -0.457 e. The van der Waals surface area contributed by atoms with Crippen molar-refractivity contribution in [3.05, 3.63) is 223 Å². The maximum atomic E-state index is 6.87. The van der Waals surface area contributed by atoms with E-state index in [4.69, 9.17) is 14.7 Å². The molecule has 1 aliphatic carbocycles. The molecule has 1 spiro atoms. The number of aromatic nitrogens is 3. The normalized spacial score (nSPS) is 12.9.